The van der Waals surface area contributed by atoms with Crippen LogP contribution in [0.25, 0.3) is 0 Å². The highest BCUT2D eigenvalue weighted by atomic mass is 32.1. The van der Waals surface area contributed by atoms with E-state index >= 15 is 0 Å². The van der Waals surface area contributed by atoms with Crippen LogP contribution in [0, 0.1) is 13.8 Å². The van der Waals surface area contributed by atoms with E-state index in [0.29, 0.717) is 5.82 Å². The first-order valence-electron chi connectivity index (χ1n) is 6.32. The molecule has 0 saturated heterocycles. The molecule has 0 aliphatic heterocycles. The Labute approximate surface area is 117 Å². The van der Waals surface area contributed by atoms with Crippen LogP contribution in [0.5, 0.6) is 0 Å². The standard InChI is InChI=1S/C13H19N5S/c1-5-10-17-11(14)8(3)12(18-10)16-9(4)13-15-7(2)6-19-13/h6,9H,5H2,1-4H3,(H3,14,16,17,18). The topological polar surface area (TPSA) is 76.7 Å². The van der Waals surface area contributed by atoms with Crippen LogP contribution in [0.4, 0.5) is 11.6 Å². The van der Waals surface area contributed by atoms with Crippen LogP contribution in [-0.2, 0) is 6.42 Å². The molecule has 0 fully saturated rings. The Morgan fingerprint density at radius 2 is 2.05 bits per heavy atom. The molecule has 0 aromatic carbocycles. The second-order valence-corrected chi connectivity index (χ2v) is 5.44. The molecule has 0 bridgehead atoms. The molecule has 1 unspecified atom stereocenters. The summed E-state index contributed by atoms with van der Waals surface area (Å²) in [6, 6.07) is 0.108. The second kappa shape index (κ2) is 5.52. The summed E-state index contributed by atoms with van der Waals surface area (Å²) in [6.07, 6.45) is 0.768. The summed E-state index contributed by atoms with van der Waals surface area (Å²) in [5.41, 5.74) is 7.84. The van der Waals surface area contributed by atoms with Crippen molar-refractivity contribution in [1.29, 1.82) is 0 Å². The van der Waals surface area contributed by atoms with E-state index in [1.807, 2.05) is 26.2 Å². The molecule has 5 nitrogen and oxygen atoms in total. The zero-order valence-electron chi connectivity index (χ0n) is 11.7. The quantitative estimate of drug-likeness (QED) is 0.898. The van der Waals surface area contributed by atoms with Crippen LogP contribution in [0.15, 0.2) is 5.38 Å². The molecular formula is C13H19N5S. The van der Waals surface area contributed by atoms with Gasteiger partial charge in [0, 0.05) is 23.1 Å². The SMILES string of the molecule is CCc1nc(N)c(C)c(NC(C)c2nc(C)cs2)n1. The first kappa shape index (κ1) is 13.7. The van der Waals surface area contributed by atoms with Crippen LogP contribution in [0.3, 0.4) is 0 Å². The predicted octanol–water partition coefficient (Wildman–Crippen LogP) is 2.87. The van der Waals surface area contributed by atoms with Crippen molar-refractivity contribution in [1.82, 2.24) is 15.0 Å². The minimum absolute atomic E-state index is 0.108. The predicted molar refractivity (Wildman–Crippen MR) is 79.4 cm³/mol. The minimum atomic E-state index is 0.108. The molecule has 19 heavy (non-hydrogen) atoms. The Kier molecular flexibility index (Phi) is 3.99. The van der Waals surface area contributed by atoms with Crippen LogP contribution >= 0.6 is 11.3 Å². The molecular weight excluding hydrogens is 258 g/mol. The van der Waals surface area contributed by atoms with Crippen molar-refractivity contribution in [2.45, 2.75) is 40.2 Å². The molecule has 2 aromatic rings. The van der Waals surface area contributed by atoms with Gasteiger partial charge in [0.2, 0.25) is 0 Å². The molecule has 1 atom stereocenters. The Hall–Kier alpha value is -1.69. The average Bonchev–Trinajstić information content (AvgIpc) is 2.81. The summed E-state index contributed by atoms with van der Waals surface area (Å²) >= 11 is 1.65. The molecule has 3 N–H and O–H groups in total. The summed E-state index contributed by atoms with van der Waals surface area (Å²) in [6.45, 7) is 8.01. The Morgan fingerprint density at radius 1 is 1.32 bits per heavy atom. The lowest BCUT2D eigenvalue weighted by Crippen LogP contribution is -2.12. The monoisotopic (exact) mass is 277 g/mol. The maximum Gasteiger partial charge on any atom is 0.135 e. The third-order valence-electron chi connectivity index (χ3n) is 2.91. The van der Waals surface area contributed by atoms with Gasteiger partial charge in [-0.25, -0.2) is 15.0 Å². The molecule has 2 aromatic heterocycles. The van der Waals surface area contributed by atoms with Crippen molar-refractivity contribution in [2.75, 3.05) is 11.1 Å². The molecule has 102 valence electrons. The molecule has 6 heteroatoms. The lowest BCUT2D eigenvalue weighted by molar-refractivity contribution is 0.839. The van der Waals surface area contributed by atoms with Gasteiger partial charge in [-0.1, -0.05) is 6.92 Å². The normalized spacial score (nSPS) is 12.4. The van der Waals surface area contributed by atoms with Gasteiger partial charge >= 0.3 is 0 Å². The summed E-state index contributed by atoms with van der Waals surface area (Å²) < 4.78 is 0. The number of nitrogen functional groups attached to an aromatic ring is 1. The van der Waals surface area contributed by atoms with Crippen LogP contribution < -0.4 is 11.1 Å². The van der Waals surface area contributed by atoms with Gasteiger partial charge in [-0.3, -0.25) is 0 Å². The van der Waals surface area contributed by atoms with Gasteiger partial charge in [0.1, 0.15) is 22.5 Å². The van der Waals surface area contributed by atoms with E-state index < -0.39 is 0 Å². The maximum atomic E-state index is 5.91. The van der Waals surface area contributed by atoms with Crippen molar-refractivity contribution in [3.05, 3.63) is 27.5 Å². The largest absolute Gasteiger partial charge is 0.383 e. The lowest BCUT2D eigenvalue weighted by Gasteiger charge is -2.15. The third-order valence-corrected chi connectivity index (χ3v) is 4.05. The molecule has 2 rings (SSSR count). The van der Waals surface area contributed by atoms with Gasteiger partial charge in [-0.05, 0) is 20.8 Å². The van der Waals surface area contributed by atoms with Gasteiger partial charge in [0.15, 0.2) is 0 Å². The number of aryl methyl sites for hydroxylation is 2. The third kappa shape index (κ3) is 3.01. The van der Waals surface area contributed by atoms with E-state index in [1.165, 1.54) is 0 Å². The number of nitrogens with two attached hydrogens (primary N) is 1. The zero-order valence-corrected chi connectivity index (χ0v) is 12.5. The van der Waals surface area contributed by atoms with Gasteiger partial charge in [0.05, 0.1) is 6.04 Å². The molecule has 0 saturated carbocycles. The van der Waals surface area contributed by atoms with Crippen molar-refractivity contribution in [3.8, 4) is 0 Å². The molecule has 0 aliphatic rings. The van der Waals surface area contributed by atoms with Crippen molar-refractivity contribution in [3.63, 3.8) is 0 Å². The highest BCUT2D eigenvalue weighted by Crippen LogP contribution is 2.25. The van der Waals surface area contributed by atoms with E-state index in [4.69, 9.17) is 5.73 Å². The van der Waals surface area contributed by atoms with E-state index in [9.17, 15) is 0 Å². The number of thiazole rings is 1. The van der Waals surface area contributed by atoms with Crippen molar-refractivity contribution >= 4 is 23.0 Å². The van der Waals surface area contributed by atoms with Crippen LogP contribution in [-0.4, -0.2) is 15.0 Å². The zero-order chi connectivity index (χ0) is 14.0. The number of nitrogens with one attached hydrogen (secondary N) is 1. The number of hydrogen-bond donors (Lipinski definition) is 2. The number of rotatable bonds is 4. The molecule has 0 spiro atoms. The van der Waals surface area contributed by atoms with E-state index in [1.54, 1.807) is 11.3 Å². The smallest absolute Gasteiger partial charge is 0.135 e. The van der Waals surface area contributed by atoms with Gasteiger partial charge in [-0.2, -0.15) is 0 Å². The number of aromatic nitrogens is 3. The van der Waals surface area contributed by atoms with Crippen molar-refractivity contribution in [2.24, 2.45) is 0 Å². The van der Waals surface area contributed by atoms with Crippen molar-refractivity contribution < 1.29 is 0 Å². The summed E-state index contributed by atoms with van der Waals surface area (Å²) in [5, 5.41) is 6.47. The highest BCUT2D eigenvalue weighted by Gasteiger charge is 2.13. The second-order valence-electron chi connectivity index (χ2n) is 4.55. The van der Waals surface area contributed by atoms with E-state index in [2.05, 4.69) is 27.2 Å². The van der Waals surface area contributed by atoms with Gasteiger partial charge in [0.25, 0.3) is 0 Å². The number of hydrogen-bond acceptors (Lipinski definition) is 6. The Bertz CT molecular complexity index is 578. The fraction of sp³-hybridized carbons (Fsp3) is 0.462. The highest BCUT2D eigenvalue weighted by molar-refractivity contribution is 7.09. The Morgan fingerprint density at radius 3 is 2.63 bits per heavy atom. The summed E-state index contributed by atoms with van der Waals surface area (Å²) in [5.74, 6) is 2.09. The Balaban J connectivity index is 2.25. The van der Waals surface area contributed by atoms with Gasteiger partial charge < -0.3 is 11.1 Å². The summed E-state index contributed by atoms with van der Waals surface area (Å²) in [4.78, 5) is 13.2. The maximum absolute atomic E-state index is 5.91. The van der Waals surface area contributed by atoms with Crippen LogP contribution in [0.2, 0.25) is 0 Å². The molecule has 0 radical (unpaired) electrons. The van der Waals surface area contributed by atoms with Gasteiger partial charge in [-0.15, -0.1) is 11.3 Å². The molecule has 2 heterocycles. The number of anilines is 2. The first-order chi connectivity index (χ1) is 9.01. The van der Waals surface area contributed by atoms with E-state index in [-0.39, 0.29) is 6.04 Å². The van der Waals surface area contributed by atoms with Crippen LogP contribution in [0.1, 0.15) is 42.0 Å². The lowest BCUT2D eigenvalue weighted by atomic mass is 10.2. The average molecular weight is 277 g/mol. The van der Waals surface area contributed by atoms with E-state index in [0.717, 1.165) is 34.3 Å². The molecule has 0 amide bonds. The minimum Gasteiger partial charge on any atom is -0.383 e. The fourth-order valence-electron chi connectivity index (χ4n) is 1.72. The fourth-order valence-corrected chi connectivity index (χ4v) is 2.52. The number of nitrogens with zero attached hydrogens (tertiary/aromatic N) is 3. The molecule has 0 aliphatic carbocycles. The summed E-state index contributed by atoms with van der Waals surface area (Å²) in [7, 11) is 0. The first-order valence-corrected chi connectivity index (χ1v) is 7.20.